The molecule has 1 N–H and O–H groups in total. The molecule has 2 aromatic carbocycles. The Bertz CT molecular complexity index is 853. The van der Waals surface area contributed by atoms with Gasteiger partial charge in [0.05, 0.1) is 16.6 Å². The highest BCUT2D eigenvalue weighted by atomic mass is 79.9. The van der Waals surface area contributed by atoms with Crippen LogP contribution in [0.15, 0.2) is 40.9 Å². The van der Waals surface area contributed by atoms with Crippen molar-refractivity contribution in [2.24, 2.45) is 5.92 Å². The Morgan fingerprint density at radius 1 is 1.24 bits per heavy atom. The highest BCUT2D eigenvalue weighted by Gasteiger charge is 2.36. The van der Waals surface area contributed by atoms with Crippen molar-refractivity contribution < 1.29 is 9.59 Å². The van der Waals surface area contributed by atoms with E-state index < -0.39 is 5.92 Å². The summed E-state index contributed by atoms with van der Waals surface area (Å²) in [6, 6.07) is 11.1. The maximum atomic E-state index is 12.6. The third-order valence-electron chi connectivity index (χ3n) is 4.40. The quantitative estimate of drug-likeness (QED) is 0.780. The molecular weight excluding hydrogens is 404 g/mol. The van der Waals surface area contributed by atoms with E-state index in [0.717, 1.165) is 21.3 Å². The summed E-state index contributed by atoms with van der Waals surface area (Å²) >= 11 is 9.67. The fraction of sp³-hybridized carbons (Fsp3) is 0.263. The zero-order chi connectivity index (χ0) is 18.1. The number of amides is 2. The van der Waals surface area contributed by atoms with Crippen molar-refractivity contribution in [1.82, 2.24) is 0 Å². The van der Waals surface area contributed by atoms with Gasteiger partial charge in [0.1, 0.15) is 0 Å². The summed E-state index contributed by atoms with van der Waals surface area (Å²) in [5, 5.41) is 3.47. The van der Waals surface area contributed by atoms with Gasteiger partial charge in [-0.2, -0.15) is 0 Å². The van der Waals surface area contributed by atoms with Crippen LogP contribution in [0, 0.1) is 19.8 Å². The average Bonchev–Trinajstić information content (AvgIpc) is 2.95. The molecule has 1 aliphatic rings. The van der Waals surface area contributed by atoms with E-state index in [0.29, 0.717) is 17.3 Å². The first-order valence-corrected chi connectivity index (χ1v) is 9.16. The zero-order valence-electron chi connectivity index (χ0n) is 14.0. The molecule has 4 nitrogen and oxygen atoms in total. The molecule has 25 heavy (non-hydrogen) atoms. The lowest BCUT2D eigenvalue weighted by atomic mass is 10.1. The molecule has 130 valence electrons. The van der Waals surface area contributed by atoms with Crippen LogP contribution < -0.4 is 10.2 Å². The first kappa shape index (κ1) is 18.0. The summed E-state index contributed by atoms with van der Waals surface area (Å²) in [7, 11) is 0. The Balaban J connectivity index is 1.75. The van der Waals surface area contributed by atoms with E-state index in [1.54, 1.807) is 17.0 Å². The molecule has 3 rings (SSSR count). The number of hydrogen-bond acceptors (Lipinski definition) is 2. The highest BCUT2D eigenvalue weighted by Crippen LogP contribution is 2.32. The number of aryl methyl sites for hydroxylation is 2. The Hall–Kier alpha value is -1.85. The number of rotatable bonds is 3. The number of para-hydroxylation sites is 1. The van der Waals surface area contributed by atoms with Crippen molar-refractivity contribution >= 4 is 50.7 Å². The van der Waals surface area contributed by atoms with Gasteiger partial charge in [-0.1, -0.05) is 39.7 Å². The molecule has 0 unspecified atom stereocenters. The summed E-state index contributed by atoms with van der Waals surface area (Å²) in [6.07, 6.45) is 0.186. The van der Waals surface area contributed by atoms with Crippen LogP contribution in [0.25, 0.3) is 0 Å². The predicted octanol–water partition coefficient (Wildman–Crippen LogP) is 4.71. The molecule has 1 heterocycles. The minimum atomic E-state index is -0.396. The van der Waals surface area contributed by atoms with Gasteiger partial charge in [0, 0.05) is 23.1 Å². The van der Waals surface area contributed by atoms with Crippen molar-refractivity contribution in [2.75, 3.05) is 16.8 Å². The Morgan fingerprint density at radius 2 is 1.96 bits per heavy atom. The van der Waals surface area contributed by atoms with Crippen LogP contribution in [0.5, 0.6) is 0 Å². The van der Waals surface area contributed by atoms with Crippen LogP contribution in [-0.2, 0) is 9.59 Å². The third-order valence-corrected chi connectivity index (χ3v) is 5.58. The topological polar surface area (TPSA) is 49.4 Å². The maximum Gasteiger partial charge on any atom is 0.229 e. The summed E-state index contributed by atoms with van der Waals surface area (Å²) < 4.78 is 1.00. The minimum Gasteiger partial charge on any atom is -0.326 e. The molecule has 1 aliphatic heterocycles. The lowest BCUT2D eigenvalue weighted by Gasteiger charge is -2.18. The molecule has 6 heteroatoms. The second-order valence-electron chi connectivity index (χ2n) is 6.26. The summed E-state index contributed by atoms with van der Waals surface area (Å²) in [4.78, 5) is 26.6. The fourth-order valence-electron chi connectivity index (χ4n) is 2.94. The van der Waals surface area contributed by atoms with Crippen LogP contribution in [0.1, 0.15) is 17.5 Å². The van der Waals surface area contributed by atoms with E-state index in [1.165, 1.54) is 0 Å². The van der Waals surface area contributed by atoms with Gasteiger partial charge >= 0.3 is 0 Å². The Kier molecular flexibility index (Phi) is 5.16. The average molecular weight is 422 g/mol. The predicted molar refractivity (Wildman–Crippen MR) is 104 cm³/mol. The van der Waals surface area contributed by atoms with Crippen molar-refractivity contribution in [3.8, 4) is 0 Å². The lowest BCUT2D eigenvalue weighted by Crippen LogP contribution is -2.28. The second-order valence-corrected chi connectivity index (χ2v) is 7.52. The normalized spacial score (nSPS) is 17.0. The van der Waals surface area contributed by atoms with Gasteiger partial charge in [-0.15, -0.1) is 0 Å². The number of hydrogen-bond donors (Lipinski definition) is 1. The molecular formula is C19H18BrClN2O2. The maximum absolute atomic E-state index is 12.6. The highest BCUT2D eigenvalue weighted by molar-refractivity contribution is 9.10. The number of carbonyl (C=O) groups is 2. The SMILES string of the molecule is Cc1cc(NC(=O)[C@@H]2CC(=O)N(c3ccccc3Cl)C2)c(C)cc1Br. The molecule has 0 radical (unpaired) electrons. The van der Waals surface area contributed by atoms with Gasteiger partial charge < -0.3 is 10.2 Å². The number of nitrogens with one attached hydrogen (secondary N) is 1. The van der Waals surface area contributed by atoms with E-state index >= 15 is 0 Å². The van der Waals surface area contributed by atoms with Crippen LogP contribution in [0.2, 0.25) is 5.02 Å². The van der Waals surface area contributed by atoms with Crippen molar-refractivity contribution in [3.63, 3.8) is 0 Å². The molecule has 2 aromatic rings. The van der Waals surface area contributed by atoms with Crippen molar-refractivity contribution in [1.29, 1.82) is 0 Å². The number of nitrogens with zero attached hydrogens (tertiary/aromatic N) is 1. The van der Waals surface area contributed by atoms with Gasteiger partial charge in [-0.25, -0.2) is 0 Å². The van der Waals surface area contributed by atoms with E-state index in [2.05, 4.69) is 21.2 Å². The van der Waals surface area contributed by atoms with Gasteiger partial charge in [-0.05, 0) is 49.2 Å². The zero-order valence-corrected chi connectivity index (χ0v) is 16.3. The lowest BCUT2D eigenvalue weighted by molar-refractivity contribution is -0.122. The molecule has 1 fully saturated rings. The Labute approximate surface area is 160 Å². The standard InChI is InChI=1S/C19H18BrClN2O2/c1-11-8-16(12(2)7-14(11)20)22-19(25)13-9-18(24)23(10-13)17-6-4-3-5-15(17)21/h3-8,13H,9-10H2,1-2H3,(H,22,25)/t13-/m1/s1. The molecule has 1 saturated heterocycles. The van der Waals surface area contributed by atoms with Gasteiger partial charge in [0.2, 0.25) is 11.8 Å². The van der Waals surface area contributed by atoms with Crippen molar-refractivity contribution in [2.45, 2.75) is 20.3 Å². The molecule has 2 amide bonds. The summed E-state index contributed by atoms with van der Waals surface area (Å²) in [6.45, 7) is 4.25. The van der Waals surface area contributed by atoms with E-state index in [9.17, 15) is 9.59 Å². The van der Waals surface area contributed by atoms with Crippen LogP contribution in [0.3, 0.4) is 0 Å². The van der Waals surface area contributed by atoms with Gasteiger partial charge in [-0.3, -0.25) is 9.59 Å². The minimum absolute atomic E-state index is 0.0861. The first-order valence-electron chi connectivity index (χ1n) is 7.99. The molecule has 0 aromatic heterocycles. The van der Waals surface area contributed by atoms with Crippen LogP contribution in [-0.4, -0.2) is 18.4 Å². The van der Waals surface area contributed by atoms with Gasteiger partial charge in [0.15, 0.2) is 0 Å². The smallest absolute Gasteiger partial charge is 0.229 e. The molecule has 0 saturated carbocycles. The number of benzene rings is 2. The number of carbonyl (C=O) groups excluding carboxylic acids is 2. The molecule has 0 bridgehead atoms. The second kappa shape index (κ2) is 7.18. The van der Waals surface area contributed by atoms with Crippen molar-refractivity contribution in [3.05, 3.63) is 57.0 Å². The van der Waals surface area contributed by atoms with Gasteiger partial charge in [0.25, 0.3) is 0 Å². The Morgan fingerprint density at radius 3 is 2.68 bits per heavy atom. The molecule has 0 aliphatic carbocycles. The van der Waals surface area contributed by atoms with E-state index in [-0.39, 0.29) is 18.2 Å². The third kappa shape index (κ3) is 3.72. The largest absolute Gasteiger partial charge is 0.326 e. The first-order chi connectivity index (χ1) is 11.9. The van der Waals surface area contributed by atoms with Crippen LogP contribution >= 0.6 is 27.5 Å². The summed E-state index contributed by atoms with van der Waals surface area (Å²) in [5.74, 6) is -0.628. The molecule has 1 atom stereocenters. The van der Waals surface area contributed by atoms with Crippen LogP contribution in [0.4, 0.5) is 11.4 Å². The van der Waals surface area contributed by atoms with E-state index in [4.69, 9.17) is 11.6 Å². The number of anilines is 2. The summed E-state index contributed by atoms with van der Waals surface area (Å²) in [5.41, 5.74) is 3.44. The fourth-order valence-corrected chi connectivity index (χ4v) is 3.63. The monoisotopic (exact) mass is 420 g/mol. The molecule has 0 spiro atoms. The number of halogens is 2. The van der Waals surface area contributed by atoms with E-state index in [1.807, 2.05) is 38.1 Å².